The van der Waals surface area contributed by atoms with Gasteiger partial charge in [-0.05, 0) is 12.0 Å². The van der Waals surface area contributed by atoms with Crippen LogP contribution in [0.25, 0.3) is 5.03 Å². The van der Waals surface area contributed by atoms with E-state index in [1.807, 2.05) is 37.3 Å². The number of halogens is 1. The van der Waals surface area contributed by atoms with Gasteiger partial charge in [0, 0.05) is 5.57 Å². The predicted molar refractivity (Wildman–Crippen MR) is 59.7 cm³/mol. The number of nitrogens with zero attached hydrogens (tertiary/aromatic N) is 1. The second-order valence-electron chi connectivity index (χ2n) is 3.02. The van der Waals surface area contributed by atoms with Crippen molar-refractivity contribution in [2.45, 2.75) is 19.8 Å². The van der Waals surface area contributed by atoms with Crippen molar-refractivity contribution in [3.05, 3.63) is 41.5 Å². The van der Waals surface area contributed by atoms with Crippen LogP contribution in [-0.4, -0.2) is 0 Å². The molecule has 0 spiro atoms. The van der Waals surface area contributed by atoms with E-state index in [2.05, 4.69) is 6.07 Å². The molecule has 0 aromatic heterocycles. The van der Waals surface area contributed by atoms with Gasteiger partial charge in [-0.25, -0.2) is 0 Å². The van der Waals surface area contributed by atoms with E-state index in [1.165, 1.54) is 0 Å². The van der Waals surface area contributed by atoms with Gasteiger partial charge in [-0.2, -0.15) is 5.26 Å². The molecule has 0 saturated heterocycles. The van der Waals surface area contributed by atoms with E-state index in [4.69, 9.17) is 16.9 Å². The molecule has 0 atom stereocenters. The van der Waals surface area contributed by atoms with Crippen LogP contribution in [0.15, 0.2) is 35.9 Å². The third-order valence-corrected chi connectivity index (χ3v) is 2.37. The smallest absolute Gasteiger partial charge is 0.0962 e. The maximum absolute atomic E-state index is 8.90. The zero-order chi connectivity index (χ0) is 10.4. The fourth-order valence-corrected chi connectivity index (χ4v) is 1.49. The topological polar surface area (TPSA) is 23.8 Å². The second kappa shape index (κ2) is 5.47. The molecular weight excluding hydrogens is 194 g/mol. The highest BCUT2D eigenvalue weighted by Crippen LogP contribution is 2.24. The zero-order valence-electron chi connectivity index (χ0n) is 8.13. The zero-order valence-corrected chi connectivity index (χ0v) is 8.88. The molecule has 0 N–H and O–H groups in total. The van der Waals surface area contributed by atoms with Gasteiger partial charge in [-0.15, -0.1) is 0 Å². The standard InChI is InChI=1S/C12H12ClN/c1-2-6-11(9-14)12(13)10-7-4-3-5-8-10/h3-5,7-8H,2,6H2,1H3. The van der Waals surface area contributed by atoms with Gasteiger partial charge in [0.05, 0.1) is 11.1 Å². The maximum atomic E-state index is 8.90. The fourth-order valence-electron chi connectivity index (χ4n) is 1.22. The normalized spacial score (nSPS) is 11.8. The summed E-state index contributed by atoms with van der Waals surface area (Å²) in [4.78, 5) is 0. The van der Waals surface area contributed by atoms with E-state index in [-0.39, 0.29) is 0 Å². The third kappa shape index (κ3) is 2.61. The number of nitriles is 1. The van der Waals surface area contributed by atoms with Gasteiger partial charge < -0.3 is 0 Å². The Morgan fingerprint density at radius 3 is 2.50 bits per heavy atom. The molecule has 0 aliphatic carbocycles. The lowest BCUT2D eigenvalue weighted by Gasteiger charge is -2.01. The number of hydrogen-bond donors (Lipinski definition) is 0. The molecule has 0 radical (unpaired) electrons. The van der Waals surface area contributed by atoms with E-state index in [1.54, 1.807) is 0 Å². The average molecular weight is 206 g/mol. The summed E-state index contributed by atoms with van der Waals surface area (Å²) in [6.45, 7) is 2.03. The molecule has 1 aromatic rings. The molecule has 0 saturated carbocycles. The number of allylic oxidation sites excluding steroid dienone is 1. The molecule has 0 amide bonds. The highest BCUT2D eigenvalue weighted by Gasteiger charge is 2.04. The Hall–Kier alpha value is -1.26. The predicted octanol–water partition coefficient (Wildman–Crippen LogP) is 3.96. The van der Waals surface area contributed by atoms with Gasteiger partial charge in [-0.1, -0.05) is 55.3 Å². The lowest BCUT2D eigenvalue weighted by molar-refractivity contribution is 0.933. The average Bonchev–Trinajstić information content (AvgIpc) is 2.26. The van der Waals surface area contributed by atoms with E-state index in [0.29, 0.717) is 10.6 Å². The minimum atomic E-state index is 0.579. The van der Waals surface area contributed by atoms with Crippen molar-refractivity contribution in [3.63, 3.8) is 0 Å². The summed E-state index contributed by atoms with van der Waals surface area (Å²) >= 11 is 6.11. The largest absolute Gasteiger partial charge is 0.193 e. The van der Waals surface area contributed by atoms with Crippen molar-refractivity contribution < 1.29 is 0 Å². The van der Waals surface area contributed by atoms with E-state index < -0.39 is 0 Å². The van der Waals surface area contributed by atoms with E-state index in [9.17, 15) is 0 Å². The first-order valence-corrected chi connectivity index (χ1v) is 5.01. The van der Waals surface area contributed by atoms with E-state index in [0.717, 1.165) is 18.4 Å². The van der Waals surface area contributed by atoms with Crippen molar-refractivity contribution in [3.8, 4) is 6.07 Å². The van der Waals surface area contributed by atoms with Crippen molar-refractivity contribution in [2.75, 3.05) is 0 Å². The van der Waals surface area contributed by atoms with Gasteiger partial charge in [-0.3, -0.25) is 0 Å². The van der Waals surface area contributed by atoms with Crippen LogP contribution < -0.4 is 0 Å². The van der Waals surface area contributed by atoms with Crippen molar-refractivity contribution in [1.82, 2.24) is 0 Å². The lowest BCUT2D eigenvalue weighted by Crippen LogP contribution is -1.84. The van der Waals surface area contributed by atoms with Crippen LogP contribution in [0, 0.1) is 11.3 Å². The number of benzene rings is 1. The third-order valence-electron chi connectivity index (χ3n) is 1.93. The van der Waals surface area contributed by atoms with Crippen molar-refractivity contribution >= 4 is 16.6 Å². The van der Waals surface area contributed by atoms with Crippen LogP contribution in [0.5, 0.6) is 0 Å². The molecule has 0 fully saturated rings. The molecule has 2 heteroatoms. The highest BCUT2D eigenvalue weighted by atomic mass is 35.5. The molecule has 0 heterocycles. The Morgan fingerprint density at radius 2 is 2.00 bits per heavy atom. The second-order valence-corrected chi connectivity index (χ2v) is 3.40. The van der Waals surface area contributed by atoms with Gasteiger partial charge in [0.1, 0.15) is 0 Å². The summed E-state index contributed by atoms with van der Waals surface area (Å²) in [6.07, 6.45) is 1.68. The molecule has 14 heavy (non-hydrogen) atoms. The van der Waals surface area contributed by atoms with Crippen LogP contribution in [0.2, 0.25) is 0 Å². The van der Waals surface area contributed by atoms with Gasteiger partial charge in [0.25, 0.3) is 0 Å². The summed E-state index contributed by atoms with van der Waals surface area (Å²) in [7, 11) is 0. The molecule has 0 aliphatic rings. The molecule has 0 bridgehead atoms. The number of rotatable bonds is 3. The Kier molecular flexibility index (Phi) is 4.22. The lowest BCUT2D eigenvalue weighted by atomic mass is 10.1. The first-order chi connectivity index (χ1) is 6.79. The van der Waals surface area contributed by atoms with Gasteiger partial charge in [0.2, 0.25) is 0 Å². The molecule has 0 unspecified atom stereocenters. The summed E-state index contributed by atoms with van der Waals surface area (Å²) in [5.41, 5.74) is 1.58. The molecular formula is C12H12ClN. The van der Waals surface area contributed by atoms with E-state index >= 15 is 0 Å². The summed E-state index contributed by atoms with van der Waals surface area (Å²) in [5, 5.41) is 9.48. The van der Waals surface area contributed by atoms with Gasteiger partial charge in [0.15, 0.2) is 0 Å². The molecule has 72 valence electrons. The molecule has 1 nitrogen and oxygen atoms in total. The van der Waals surface area contributed by atoms with Crippen molar-refractivity contribution in [1.29, 1.82) is 5.26 Å². The van der Waals surface area contributed by atoms with Crippen LogP contribution in [0.4, 0.5) is 0 Å². The quantitative estimate of drug-likeness (QED) is 0.686. The minimum absolute atomic E-state index is 0.579. The SMILES string of the molecule is CCCC(C#N)=C(Cl)c1ccccc1. The van der Waals surface area contributed by atoms with Crippen LogP contribution >= 0.6 is 11.6 Å². The Bertz CT molecular complexity index is 360. The summed E-state index contributed by atoms with van der Waals surface area (Å²) in [5.74, 6) is 0. The molecule has 1 rings (SSSR count). The fraction of sp³-hybridized carbons (Fsp3) is 0.250. The maximum Gasteiger partial charge on any atom is 0.0962 e. The van der Waals surface area contributed by atoms with Crippen LogP contribution in [0.1, 0.15) is 25.3 Å². The highest BCUT2D eigenvalue weighted by molar-refractivity contribution is 6.49. The van der Waals surface area contributed by atoms with Gasteiger partial charge >= 0.3 is 0 Å². The Morgan fingerprint density at radius 1 is 1.36 bits per heavy atom. The number of hydrogen-bond acceptors (Lipinski definition) is 1. The minimum Gasteiger partial charge on any atom is -0.193 e. The first kappa shape index (κ1) is 10.8. The van der Waals surface area contributed by atoms with Crippen LogP contribution in [-0.2, 0) is 0 Å². The summed E-state index contributed by atoms with van der Waals surface area (Å²) < 4.78 is 0. The Balaban J connectivity index is 3.03. The summed E-state index contributed by atoms with van der Waals surface area (Å²) in [6, 6.07) is 11.7. The van der Waals surface area contributed by atoms with Crippen molar-refractivity contribution in [2.24, 2.45) is 0 Å². The molecule has 1 aromatic carbocycles. The molecule has 0 aliphatic heterocycles. The van der Waals surface area contributed by atoms with Crippen LogP contribution in [0.3, 0.4) is 0 Å². The Labute approximate surface area is 89.6 Å². The first-order valence-electron chi connectivity index (χ1n) is 4.63. The monoisotopic (exact) mass is 205 g/mol.